The Morgan fingerprint density at radius 3 is 2.48 bits per heavy atom. The molecular weight excluding hydrogens is 382 g/mol. The van der Waals surface area contributed by atoms with Crippen molar-refractivity contribution in [1.29, 1.82) is 0 Å². The van der Waals surface area contributed by atoms with Crippen molar-refractivity contribution in [3.63, 3.8) is 0 Å². The summed E-state index contributed by atoms with van der Waals surface area (Å²) in [7, 11) is -3.29. The number of hydrazine groups is 1. The first-order valence-corrected chi connectivity index (χ1v) is 10.3. The van der Waals surface area contributed by atoms with Crippen molar-refractivity contribution in [2.45, 2.75) is 11.8 Å². The number of rotatable bonds is 4. The predicted molar refractivity (Wildman–Crippen MR) is 100 cm³/mol. The maximum atomic E-state index is 12.1. The van der Waals surface area contributed by atoms with Gasteiger partial charge in [0.2, 0.25) is 5.13 Å². The number of benzene rings is 2. The van der Waals surface area contributed by atoms with Gasteiger partial charge in [0, 0.05) is 16.8 Å². The summed E-state index contributed by atoms with van der Waals surface area (Å²) in [6.45, 7) is 1.89. The number of aromatic nitrogens is 1. The van der Waals surface area contributed by atoms with Crippen molar-refractivity contribution in [1.82, 2.24) is 10.4 Å². The lowest BCUT2D eigenvalue weighted by molar-refractivity contribution is 0.0962. The first kappa shape index (κ1) is 17.7. The highest BCUT2D eigenvalue weighted by atomic mass is 35.5. The number of anilines is 1. The largest absolute Gasteiger partial charge is 0.273 e. The summed E-state index contributed by atoms with van der Waals surface area (Å²) in [4.78, 5) is 16.7. The van der Waals surface area contributed by atoms with Crippen LogP contribution in [0.2, 0.25) is 5.02 Å². The molecule has 1 aromatic heterocycles. The molecule has 6 nitrogen and oxygen atoms in total. The zero-order valence-corrected chi connectivity index (χ0v) is 15.7. The average Bonchev–Trinajstić information content (AvgIpc) is 2.99. The molecule has 0 aliphatic rings. The van der Waals surface area contributed by atoms with E-state index in [1.165, 1.54) is 35.6 Å². The Bertz CT molecular complexity index is 1060. The van der Waals surface area contributed by atoms with Crippen LogP contribution in [-0.2, 0) is 9.84 Å². The third kappa shape index (κ3) is 3.76. The average molecular weight is 396 g/mol. The number of hydrogen-bond acceptors (Lipinski definition) is 6. The SMILES string of the molecule is Cc1c(Cl)ccc2sc(NNC(=O)c3ccc(S(C)(=O)=O)cc3)nc12. The Balaban J connectivity index is 1.73. The van der Waals surface area contributed by atoms with Crippen LogP contribution in [0.25, 0.3) is 10.2 Å². The number of sulfone groups is 1. The molecule has 0 aliphatic carbocycles. The Kier molecular flexibility index (Phi) is 4.68. The molecule has 3 aromatic rings. The van der Waals surface area contributed by atoms with Crippen LogP contribution in [0.1, 0.15) is 15.9 Å². The number of nitrogens with zero attached hydrogens (tertiary/aromatic N) is 1. The molecule has 1 amide bonds. The molecule has 2 aromatic carbocycles. The van der Waals surface area contributed by atoms with E-state index >= 15 is 0 Å². The van der Waals surface area contributed by atoms with Crippen LogP contribution in [0.5, 0.6) is 0 Å². The second-order valence-corrected chi connectivity index (χ2v) is 8.87. The highest BCUT2D eigenvalue weighted by Crippen LogP contribution is 2.31. The fraction of sp³-hybridized carbons (Fsp3) is 0.125. The van der Waals surface area contributed by atoms with E-state index in [0.717, 1.165) is 22.0 Å². The predicted octanol–water partition coefficient (Wildman–Crippen LogP) is 3.42. The smallest absolute Gasteiger partial charge is 0.269 e. The molecule has 0 unspecified atom stereocenters. The Morgan fingerprint density at radius 1 is 1.16 bits per heavy atom. The second-order valence-electron chi connectivity index (χ2n) is 5.41. The third-order valence-corrected chi connectivity index (χ3v) is 6.05. The van der Waals surface area contributed by atoms with Gasteiger partial charge in [0.05, 0.1) is 15.1 Å². The molecule has 0 fully saturated rings. The van der Waals surface area contributed by atoms with E-state index in [1.807, 2.05) is 19.1 Å². The fourth-order valence-electron chi connectivity index (χ4n) is 2.19. The topological polar surface area (TPSA) is 88.2 Å². The maximum Gasteiger partial charge on any atom is 0.269 e. The lowest BCUT2D eigenvalue weighted by Crippen LogP contribution is -2.29. The van der Waals surface area contributed by atoms with E-state index in [9.17, 15) is 13.2 Å². The Hall–Kier alpha value is -2.16. The standard InChI is InChI=1S/C16H14ClN3O3S2/c1-9-12(17)7-8-13-14(9)18-16(24-13)20-19-15(21)10-3-5-11(6-4-10)25(2,22)23/h3-8H,1-2H3,(H,18,20)(H,19,21). The van der Waals surface area contributed by atoms with Crippen LogP contribution in [0.4, 0.5) is 5.13 Å². The normalized spacial score (nSPS) is 11.5. The number of carbonyl (C=O) groups is 1. The van der Waals surface area contributed by atoms with Crippen molar-refractivity contribution < 1.29 is 13.2 Å². The van der Waals surface area contributed by atoms with Crippen LogP contribution in [0.15, 0.2) is 41.3 Å². The van der Waals surface area contributed by atoms with E-state index in [4.69, 9.17) is 11.6 Å². The molecule has 25 heavy (non-hydrogen) atoms. The minimum absolute atomic E-state index is 0.163. The van der Waals surface area contributed by atoms with E-state index in [-0.39, 0.29) is 4.90 Å². The van der Waals surface area contributed by atoms with Gasteiger partial charge in [0.15, 0.2) is 9.84 Å². The maximum absolute atomic E-state index is 12.1. The lowest BCUT2D eigenvalue weighted by atomic mass is 10.2. The fourth-order valence-corrected chi connectivity index (χ4v) is 3.85. The first-order valence-electron chi connectivity index (χ1n) is 7.18. The van der Waals surface area contributed by atoms with Crippen molar-refractivity contribution in [2.24, 2.45) is 0 Å². The molecule has 3 rings (SSSR count). The van der Waals surface area contributed by atoms with Crippen LogP contribution < -0.4 is 10.9 Å². The van der Waals surface area contributed by atoms with E-state index in [2.05, 4.69) is 15.8 Å². The van der Waals surface area contributed by atoms with Gasteiger partial charge in [-0.3, -0.25) is 15.6 Å². The summed E-state index contributed by atoms with van der Waals surface area (Å²) in [5.41, 5.74) is 7.31. The van der Waals surface area contributed by atoms with Gasteiger partial charge in [-0.2, -0.15) is 0 Å². The molecule has 0 spiro atoms. The molecule has 130 valence electrons. The highest BCUT2D eigenvalue weighted by Gasteiger charge is 2.12. The third-order valence-electron chi connectivity index (χ3n) is 3.58. The number of halogens is 1. The monoisotopic (exact) mass is 395 g/mol. The zero-order chi connectivity index (χ0) is 18.2. The number of hydrogen-bond donors (Lipinski definition) is 2. The quantitative estimate of drug-likeness (QED) is 0.661. The van der Waals surface area contributed by atoms with Crippen molar-refractivity contribution in [3.8, 4) is 0 Å². The summed E-state index contributed by atoms with van der Waals surface area (Å²) >= 11 is 7.47. The summed E-state index contributed by atoms with van der Waals surface area (Å²) < 4.78 is 23.8. The van der Waals surface area contributed by atoms with Gasteiger partial charge in [-0.05, 0) is 48.9 Å². The van der Waals surface area contributed by atoms with Gasteiger partial charge < -0.3 is 0 Å². The van der Waals surface area contributed by atoms with Crippen molar-refractivity contribution >= 4 is 54.0 Å². The molecule has 0 atom stereocenters. The molecular formula is C16H14ClN3O3S2. The van der Waals surface area contributed by atoms with Gasteiger partial charge >= 0.3 is 0 Å². The van der Waals surface area contributed by atoms with Crippen LogP contribution in [0, 0.1) is 6.92 Å². The van der Waals surface area contributed by atoms with Gasteiger partial charge in [0.25, 0.3) is 5.91 Å². The molecule has 9 heteroatoms. The molecule has 0 aliphatic heterocycles. The number of aryl methyl sites for hydroxylation is 1. The van der Waals surface area contributed by atoms with Crippen LogP contribution in [-0.4, -0.2) is 25.6 Å². The Morgan fingerprint density at radius 2 is 1.84 bits per heavy atom. The number of carbonyl (C=O) groups excluding carboxylic acids is 1. The van der Waals surface area contributed by atoms with Gasteiger partial charge in [0.1, 0.15) is 0 Å². The number of amides is 1. The lowest BCUT2D eigenvalue weighted by Gasteiger charge is -2.06. The molecule has 2 N–H and O–H groups in total. The van der Waals surface area contributed by atoms with Gasteiger partial charge in [-0.1, -0.05) is 22.9 Å². The molecule has 0 saturated heterocycles. The molecule has 0 radical (unpaired) electrons. The van der Waals surface area contributed by atoms with Gasteiger partial charge in [-0.15, -0.1) is 0 Å². The minimum Gasteiger partial charge on any atom is -0.273 e. The highest BCUT2D eigenvalue weighted by molar-refractivity contribution is 7.90. The number of nitrogens with one attached hydrogen (secondary N) is 2. The van der Waals surface area contributed by atoms with E-state index < -0.39 is 15.7 Å². The van der Waals surface area contributed by atoms with E-state index in [1.54, 1.807) is 0 Å². The molecule has 1 heterocycles. The first-order chi connectivity index (χ1) is 11.8. The zero-order valence-electron chi connectivity index (χ0n) is 13.3. The van der Waals surface area contributed by atoms with Crippen LogP contribution >= 0.6 is 22.9 Å². The number of thiazole rings is 1. The van der Waals surface area contributed by atoms with Crippen molar-refractivity contribution in [3.05, 3.63) is 52.5 Å². The van der Waals surface area contributed by atoms with Crippen LogP contribution in [0.3, 0.4) is 0 Å². The van der Waals surface area contributed by atoms with Crippen molar-refractivity contribution in [2.75, 3.05) is 11.7 Å². The Labute approximate surface area is 153 Å². The molecule has 0 bridgehead atoms. The van der Waals surface area contributed by atoms with E-state index in [0.29, 0.717) is 15.7 Å². The van der Waals surface area contributed by atoms with Gasteiger partial charge in [-0.25, -0.2) is 13.4 Å². The number of fused-ring (bicyclic) bond motifs is 1. The second kappa shape index (κ2) is 6.62. The summed E-state index contributed by atoms with van der Waals surface area (Å²) in [5.74, 6) is -0.394. The summed E-state index contributed by atoms with van der Waals surface area (Å²) in [5, 5.41) is 1.17. The summed E-state index contributed by atoms with van der Waals surface area (Å²) in [6.07, 6.45) is 1.12. The minimum atomic E-state index is -3.29. The molecule has 0 saturated carbocycles. The summed E-state index contributed by atoms with van der Waals surface area (Å²) in [6, 6.07) is 9.38.